The van der Waals surface area contributed by atoms with E-state index in [2.05, 4.69) is 10.2 Å². The van der Waals surface area contributed by atoms with Gasteiger partial charge < -0.3 is 10.2 Å². The second-order valence-electron chi connectivity index (χ2n) is 7.34. The summed E-state index contributed by atoms with van der Waals surface area (Å²) in [4.78, 5) is 14.9. The number of carbonyl (C=O) groups excluding carboxylic acids is 1. The second-order valence-corrected chi connectivity index (χ2v) is 9.33. The lowest BCUT2D eigenvalue weighted by atomic mass is 9.88. The SMILES string of the molecule is CS(=O)(=O)c1ccccc1N1CCC(NC(=O)C2CCCCC2)CC1. The van der Waals surface area contributed by atoms with Crippen LogP contribution in [0.2, 0.25) is 0 Å². The number of anilines is 1. The lowest BCUT2D eigenvalue weighted by Crippen LogP contribution is -2.46. The van der Waals surface area contributed by atoms with Gasteiger partial charge in [0.15, 0.2) is 9.84 Å². The van der Waals surface area contributed by atoms with Crippen LogP contribution < -0.4 is 10.2 Å². The molecule has 3 rings (SSSR count). The first-order valence-electron chi connectivity index (χ1n) is 9.29. The Labute approximate surface area is 150 Å². The Morgan fingerprint density at radius 3 is 2.32 bits per heavy atom. The van der Waals surface area contributed by atoms with Gasteiger partial charge >= 0.3 is 0 Å². The van der Waals surface area contributed by atoms with Gasteiger partial charge in [-0.25, -0.2) is 8.42 Å². The molecule has 0 radical (unpaired) electrons. The maximum Gasteiger partial charge on any atom is 0.223 e. The van der Waals surface area contributed by atoms with Crippen LogP contribution in [0, 0.1) is 5.92 Å². The molecule has 1 saturated carbocycles. The van der Waals surface area contributed by atoms with E-state index in [1.807, 2.05) is 12.1 Å². The van der Waals surface area contributed by atoms with Crippen molar-refractivity contribution in [1.82, 2.24) is 5.32 Å². The molecule has 2 aliphatic rings. The number of nitrogens with one attached hydrogen (secondary N) is 1. The lowest BCUT2D eigenvalue weighted by Gasteiger charge is -2.35. The molecular weight excluding hydrogens is 336 g/mol. The molecule has 0 spiro atoms. The third-order valence-electron chi connectivity index (χ3n) is 5.42. The summed E-state index contributed by atoms with van der Waals surface area (Å²) in [5.74, 6) is 0.410. The molecule has 2 fully saturated rings. The summed E-state index contributed by atoms with van der Waals surface area (Å²) in [7, 11) is -3.24. The van der Waals surface area contributed by atoms with Crippen molar-refractivity contribution in [2.75, 3.05) is 24.2 Å². The maximum absolute atomic E-state index is 12.4. The molecule has 1 N–H and O–H groups in total. The highest BCUT2D eigenvalue weighted by atomic mass is 32.2. The third-order valence-corrected chi connectivity index (χ3v) is 6.57. The number of nitrogens with zero attached hydrogens (tertiary/aromatic N) is 1. The molecule has 25 heavy (non-hydrogen) atoms. The predicted molar refractivity (Wildman–Crippen MR) is 99.5 cm³/mol. The van der Waals surface area contributed by atoms with Crippen LogP contribution in [0.25, 0.3) is 0 Å². The van der Waals surface area contributed by atoms with Crippen molar-refractivity contribution in [1.29, 1.82) is 0 Å². The standard InChI is InChI=1S/C19H28N2O3S/c1-25(23,24)18-10-6-5-9-17(18)21-13-11-16(12-14-21)20-19(22)15-7-3-2-4-8-15/h5-6,9-10,15-16H,2-4,7-8,11-14H2,1H3,(H,20,22). The Balaban J connectivity index is 1.58. The molecule has 0 atom stereocenters. The summed E-state index contributed by atoms with van der Waals surface area (Å²) < 4.78 is 24.0. The molecule has 0 bridgehead atoms. The molecule has 1 amide bonds. The number of carbonyl (C=O) groups is 1. The van der Waals surface area contributed by atoms with E-state index in [-0.39, 0.29) is 17.9 Å². The zero-order valence-corrected chi connectivity index (χ0v) is 15.7. The highest BCUT2D eigenvalue weighted by Gasteiger charge is 2.27. The molecule has 1 aromatic rings. The molecule has 0 unspecified atom stereocenters. The first-order valence-corrected chi connectivity index (χ1v) is 11.2. The summed E-state index contributed by atoms with van der Waals surface area (Å²) in [5.41, 5.74) is 0.780. The Kier molecular flexibility index (Phi) is 5.67. The highest BCUT2D eigenvalue weighted by Crippen LogP contribution is 2.28. The van der Waals surface area contributed by atoms with Gasteiger partial charge in [0, 0.05) is 31.3 Å². The predicted octanol–water partition coefficient (Wildman–Crippen LogP) is 2.76. The number of amides is 1. The minimum absolute atomic E-state index is 0.192. The number of hydrogen-bond donors (Lipinski definition) is 1. The molecule has 138 valence electrons. The fraction of sp³-hybridized carbons (Fsp3) is 0.632. The van der Waals surface area contributed by atoms with Crippen molar-refractivity contribution in [2.24, 2.45) is 5.92 Å². The fourth-order valence-electron chi connectivity index (χ4n) is 3.98. The first kappa shape index (κ1) is 18.2. The van der Waals surface area contributed by atoms with Crippen LogP contribution >= 0.6 is 0 Å². The van der Waals surface area contributed by atoms with Crippen LogP contribution in [0.5, 0.6) is 0 Å². The summed E-state index contributed by atoms with van der Waals surface area (Å²) in [6, 6.07) is 7.38. The van der Waals surface area contributed by atoms with Gasteiger partial charge in [-0.3, -0.25) is 4.79 Å². The largest absolute Gasteiger partial charge is 0.370 e. The molecule has 0 aromatic heterocycles. The number of rotatable bonds is 4. The number of para-hydroxylation sites is 1. The van der Waals surface area contributed by atoms with E-state index in [1.165, 1.54) is 25.5 Å². The fourth-order valence-corrected chi connectivity index (χ4v) is 4.88. The number of piperidine rings is 1. The van der Waals surface area contributed by atoms with E-state index in [9.17, 15) is 13.2 Å². The molecule has 1 aliphatic heterocycles. The minimum Gasteiger partial charge on any atom is -0.370 e. The zero-order valence-electron chi connectivity index (χ0n) is 14.9. The van der Waals surface area contributed by atoms with Crippen LogP contribution in [-0.2, 0) is 14.6 Å². The number of hydrogen-bond acceptors (Lipinski definition) is 4. The summed E-state index contributed by atoms with van der Waals surface area (Å²) in [6.07, 6.45) is 8.59. The Hall–Kier alpha value is -1.56. The molecular formula is C19H28N2O3S. The number of benzene rings is 1. The molecule has 5 nitrogen and oxygen atoms in total. The van der Waals surface area contributed by atoms with Crippen molar-refractivity contribution < 1.29 is 13.2 Å². The topological polar surface area (TPSA) is 66.5 Å². The third kappa shape index (κ3) is 4.54. The monoisotopic (exact) mass is 364 g/mol. The molecule has 1 heterocycles. The van der Waals surface area contributed by atoms with Crippen LogP contribution in [0.1, 0.15) is 44.9 Å². The molecule has 1 aromatic carbocycles. The average molecular weight is 365 g/mol. The molecule has 1 aliphatic carbocycles. The van der Waals surface area contributed by atoms with Crippen LogP contribution in [0.15, 0.2) is 29.2 Å². The van der Waals surface area contributed by atoms with E-state index >= 15 is 0 Å². The second kappa shape index (κ2) is 7.77. The smallest absolute Gasteiger partial charge is 0.223 e. The van der Waals surface area contributed by atoms with Gasteiger partial charge in [0.1, 0.15) is 0 Å². The van der Waals surface area contributed by atoms with Crippen LogP contribution in [-0.4, -0.2) is 39.7 Å². The highest BCUT2D eigenvalue weighted by molar-refractivity contribution is 7.90. The van der Waals surface area contributed by atoms with E-state index in [1.54, 1.807) is 12.1 Å². The van der Waals surface area contributed by atoms with Gasteiger partial charge in [0.05, 0.1) is 10.6 Å². The normalized spacial score (nSPS) is 20.4. The van der Waals surface area contributed by atoms with E-state index in [0.717, 1.165) is 44.5 Å². The summed E-state index contributed by atoms with van der Waals surface area (Å²) in [5, 5.41) is 3.22. The van der Waals surface area contributed by atoms with Crippen molar-refractivity contribution in [3.63, 3.8) is 0 Å². The van der Waals surface area contributed by atoms with E-state index in [0.29, 0.717) is 4.90 Å². The van der Waals surface area contributed by atoms with Gasteiger partial charge in [-0.15, -0.1) is 0 Å². The quantitative estimate of drug-likeness (QED) is 0.892. The average Bonchev–Trinajstić information content (AvgIpc) is 2.62. The molecule has 6 heteroatoms. The van der Waals surface area contributed by atoms with Crippen LogP contribution in [0.4, 0.5) is 5.69 Å². The van der Waals surface area contributed by atoms with E-state index in [4.69, 9.17) is 0 Å². The number of sulfone groups is 1. The van der Waals surface area contributed by atoms with Gasteiger partial charge in [-0.05, 0) is 37.8 Å². The van der Waals surface area contributed by atoms with Gasteiger partial charge in [-0.1, -0.05) is 31.4 Å². The van der Waals surface area contributed by atoms with Gasteiger partial charge in [0.25, 0.3) is 0 Å². The van der Waals surface area contributed by atoms with E-state index < -0.39 is 9.84 Å². The summed E-state index contributed by atoms with van der Waals surface area (Å²) >= 11 is 0. The van der Waals surface area contributed by atoms with Crippen molar-refractivity contribution in [3.8, 4) is 0 Å². The molecule has 1 saturated heterocycles. The van der Waals surface area contributed by atoms with Crippen molar-refractivity contribution >= 4 is 21.4 Å². The Morgan fingerprint density at radius 2 is 1.68 bits per heavy atom. The Morgan fingerprint density at radius 1 is 1.04 bits per heavy atom. The van der Waals surface area contributed by atoms with Crippen LogP contribution in [0.3, 0.4) is 0 Å². The minimum atomic E-state index is -3.24. The summed E-state index contributed by atoms with van der Waals surface area (Å²) in [6.45, 7) is 1.53. The maximum atomic E-state index is 12.4. The first-order chi connectivity index (χ1) is 11.9. The van der Waals surface area contributed by atoms with Gasteiger partial charge in [0.2, 0.25) is 5.91 Å². The Bertz CT molecular complexity index is 703. The van der Waals surface area contributed by atoms with Gasteiger partial charge in [-0.2, -0.15) is 0 Å². The lowest BCUT2D eigenvalue weighted by molar-refractivity contribution is -0.126. The zero-order chi connectivity index (χ0) is 17.9. The van der Waals surface area contributed by atoms with Crippen molar-refractivity contribution in [3.05, 3.63) is 24.3 Å². The van der Waals surface area contributed by atoms with Crippen molar-refractivity contribution in [2.45, 2.75) is 55.9 Å².